The lowest BCUT2D eigenvalue weighted by Gasteiger charge is -2.25. The molecule has 0 saturated heterocycles. The van der Waals surface area contributed by atoms with Crippen molar-refractivity contribution in [3.63, 3.8) is 0 Å². The smallest absolute Gasteiger partial charge is 0.335 e. The zero-order valence-corrected chi connectivity index (χ0v) is 15.1. The van der Waals surface area contributed by atoms with Crippen molar-refractivity contribution in [2.45, 2.75) is 63.1 Å². The molecule has 1 aromatic carbocycles. The van der Waals surface area contributed by atoms with Gasteiger partial charge in [0.2, 0.25) is 0 Å². The first kappa shape index (κ1) is 17.7. The number of aromatic carboxylic acids is 1. The zero-order chi connectivity index (χ0) is 18.3. The lowest BCUT2D eigenvalue weighted by Crippen LogP contribution is -2.22. The summed E-state index contributed by atoms with van der Waals surface area (Å²) in [6.45, 7) is 0. The van der Waals surface area contributed by atoms with Crippen molar-refractivity contribution in [1.82, 2.24) is 0 Å². The third-order valence-corrected chi connectivity index (χ3v) is 6.87. The molecule has 2 fully saturated rings. The second-order valence-electron chi connectivity index (χ2n) is 8.31. The summed E-state index contributed by atoms with van der Waals surface area (Å²) in [6.07, 6.45) is 10.3. The molecule has 3 N–H and O–H groups in total. The quantitative estimate of drug-likeness (QED) is 0.722. The summed E-state index contributed by atoms with van der Waals surface area (Å²) in [7, 11) is 0. The molecule has 0 heterocycles. The normalized spacial score (nSPS) is 32.5. The van der Waals surface area contributed by atoms with Gasteiger partial charge in [-0.3, -0.25) is 0 Å². The predicted octanol–water partition coefficient (Wildman–Crippen LogP) is 3.52. The summed E-state index contributed by atoms with van der Waals surface area (Å²) >= 11 is 0. The number of aliphatic hydroxyl groups excluding tert-OH is 2. The number of carboxylic acids is 1. The van der Waals surface area contributed by atoms with Gasteiger partial charge in [-0.15, -0.1) is 0 Å². The third-order valence-electron chi connectivity index (χ3n) is 6.87. The number of carbonyl (C=O) groups is 1. The maximum absolute atomic E-state index is 11.6. The van der Waals surface area contributed by atoms with Gasteiger partial charge in [0, 0.05) is 5.92 Å². The fourth-order valence-electron chi connectivity index (χ4n) is 5.57. The van der Waals surface area contributed by atoms with Crippen LogP contribution in [0.5, 0.6) is 0 Å². The molecule has 140 valence electrons. The van der Waals surface area contributed by atoms with Crippen LogP contribution in [0.4, 0.5) is 0 Å². The van der Waals surface area contributed by atoms with Crippen molar-refractivity contribution in [1.29, 1.82) is 0 Å². The molecule has 0 bridgehead atoms. The molecule has 4 rings (SSSR count). The van der Waals surface area contributed by atoms with E-state index in [1.54, 1.807) is 6.07 Å². The zero-order valence-electron chi connectivity index (χ0n) is 15.1. The number of hydrogen-bond acceptors (Lipinski definition) is 3. The first-order chi connectivity index (χ1) is 12.6. The Kier molecular flexibility index (Phi) is 4.89. The summed E-state index contributed by atoms with van der Waals surface area (Å²) in [5, 5.41) is 30.6. The van der Waals surface area contributed by atoms with E-state index in [0.29, 0.717) is 17.9 Å². The van der Waals surface area contributed by atoms with E-state index in [-0.39, 0.29) is 17.8 Å². The highest BCUT2D eigenvalue weighted by Crippen LogP contribution is 2.52. The molecular formula is C22H28O4. The van der Waals surface area contributed by atoms with Gasteiger partial charge in [0.15, 0.2) is 0 Å². The molecule has 0 radical (unpaired) electrons. The van der Waals surface area contributed by atoms with Gasteiger partial charge in [0.25, 0.3) is 0 Å². The maximum atomic E-state index is 11.6. The summed E-state index contributed by atoms with van der Waals surface area (Å²) in [6, 6.07) is 5.51. The third kappa shape index (κ3) is 3.10. The Labute approximate surface area is 154 Å². The van der Waals surface area contributed by atoms with Gasteiger partial charge >= 0.3 is 5.97 Å². The number of hydrogen-bond donors (Lipinski definition) is 3. The molecule has 0 amide bonds. The van der Waals surface area contributed by atoms with Crippen LogP contribution in [0.25, 0.3) is 0 Å². The van der Waals surface area contributed by atoms with E-state index in [1.165, 1.54) is 19.3 Å². The van der Waals surface area contributed by atoms with Crippen molar-refractivity contribution in [3.05, 3.63) is 47.0 Å². The molecule has 4 heteroatoms. The summed E-state index contributed by atoms with van der Waals surface area (Å²) in [4.78, 5) is 11.6. The minimum Gasteiger partial charge on any atom is -0.478 e. The molecule has 26 heavy (non-hydrogen) atoms. The molecule has 2 saturated carbocycles. The van der Waals surface area contributed by atoms with E-state index in [9.17, 15) is 20.1 Å². The summed E-state index contributed by atoms with van der Waals surface area (Å²) < 4.78 is 0. The highest BCUT2D eigenvalue weighted by atomic mass is 16.4. The fraction of sp³-hybridized carbons (Fsp3) is 0.591. The molecule has 0 aliphatic heterocycles. The van der Waals surface area contributed by atoms with E-state index < -0.39 is 18.2 Å². The Bertz CT molecular complexity index is 704. The number of carboxylic acid groups (broad SMARTS) is 1. The van der Waals surface area contributed by atoms with Crippen molar-refractivity contribution < 1.29 is 20.1 Å². The Morgan fingerprint density at radius 3 is 2.69 bits per heavy atom. The van der Waals surface area contributed by atoms with Crippen LogP contribution in [-0.2, 0) is 6.42 Å². The van der Waals surface area contributed by atoms with E-state index >= 15 is 0 Å². The Balaban J connectivity index is 1.52. The molecule has 1 unspecified atom stereocenters. The van der Waals surface area contributed by atoms with Gasteiger partial charge in [-0.1, -0.05) is 43.5 Å². The second-order valence-corrected chi connectivity index (χ2v) is 8.31. The van der Waals surface area contributed by atoms with E-state index in [4.69, 9.17) is 0 Å². The van der Waals surface area contributed by atoms with Crippen LogP contribution in [-0.4, -0.2) is 33.5 Å². The topological polar surface area (TPSA) is 77.8 Å². The Morgan fingerprint density at radius 1 is 1.19 bits per heavy atom. The number of benzene rings is 1. The van der Waals surface area contributed by atoms with Gasteiger partial charge in [0.1, 0.15) is 0 Å². The molecule has 4 nitrogen and oxygen atoms in total. The van der Waals surface area contributed by atoms with Gasteiger partial charge in [-0.2, -0.15) is 0 Å². The van der Waals surface area contributed by atoms with Crippen LogP contribution < -0.4 is 0 Å². The predicted molar refractivity (Wildman–Crippen MR) is 99.2 cm³/mol. The van der Waals surface area contributed by atoms with E-state index in [0.717, 1.165) is 30.4 Å². The minimum atomic E-state index is -0.885. The van der Waals surface area contributed by atoms with E-state index in [2.05, 4.69) is 0 Å². The lowest BCUT2D eigenvalue weighted by atomic mass is 9.84. The van der Waals surface area contributed by atoms with E-state index in [1.807, 2.05) is 24.3 Å². The molecule has 3 aliphatic rings. The van der Waals surface area contributed by atoms with Gasteiger partial charge in [0.05, 0.1) is 17.8 Å². The highest BCUT2D eigenvalue weighted by molar-refractivity contribution is 5.90. The Hall–Kier alpha value is -1.65. The molecular weight excluding hydrogens is 328 g/mol. The van der Waals surface area contributed by atoms with Crippen LogP contribution in [0.3, 0.4) is 0 Å². The molecule has 0 aromatic heterocycles. The van der Waals surface area contributed by atoms with Crippen molar-refractivity contribution in [3.8, 4) is 0 Å². The Morgan fingerprint density at radius 2 is 1.96 bits per heavy atom. The minimum absolute atomic E-state index is 0.00714. The summed E-state index contributed by atoms with van der Waals surface area (Å²) in [5.74, 6) is -0.214. The standard InChI is InChI=1S/C22H28O4/c23-19(13-5-2-1-3-6-13)10-9-15-17-11-14-7-4-8-16(22(25)26)21(14)18(17)12-20(15)24/h4,7-10,13,15,17-20,23-24H,1-3,5-6,11-12H2,(H,25,26)/b10-9-/t15-,17-,18+,19?,20-/m1/s1. The fourth-order valence-corrected chi connectivity index (χ4v) is 5.57. The monoisotopic (exact) mass is 356 g/mol. The van der Waals surface area contributed by atoms with Crippen LogP contribution in [0.1, 0.15) is 65.9 Å². The first-order valence-electron chi connectivity index (χ1n) is 9.95. The molecule has 3 aliphatic carbocycles. The maximum Gasteiger partial charge on any atom is 0.335 e. The second kappa shape index (κ2) is 7.16. The SMILES string of the molecule is O=C(O)c1cccc2c1[C@H]1C[C@@H](O)[C@H](/C=C\C(O)C3CCCCC3)[C@H]1C2. The van der Waals surface area contributed by atoms with Crippen LogP contribution in [0.2, 0.25) is 0 Å². The average molecular weight is 356 g/mol. The number of aliphatic hydroxyl groups is 2. The average Bonchev–Trinajstić information content (AvgIpc) is 3.14. The number of rotatable bonds is 4. The van der Waals surface area contributed by atoms with Crippen molar-refractivity contribution >= 4 is 5.97 Å². The van der Waals surface area contributed by atoms with Gasteiger partial charge < -0.3 is 15.3 Å². The lowest BCUT2D eigenvalue weighted by molar-refractivity contribution is 0.0694. The van der Waals surface area contributed by atoms with Crippen LogP contribution in [0.15, 0.2) is 30.4 Å². The summed E-state index contributed by atoms with van der Waals surface area (Å²) in [5.41, 5.74) is 2.42. The molecule has 1 aromatic rings. The first-order valence-corrected chi connectivity index (χ1v) is 9.95. The van der Waals surface area contributed by atoms with Gasteiger partial charge in [-0.05, 0) is 60.6 Å². The largest absolute Gasteiger partial charge is 0.478 e. The van der Waals surface area contributed by atoms with Crippen LogP contribution in [0, 0.1) is 17.8 Å². The van der Waals surface area contributed by atoms with Crippen molar-refractivity contribution in [2.24, 2.45) is 17.8 Å². The molecule has 5 atom stereocenters. The van der Waals surface area contributed by atoms with Crippen LogP contribution >= 0.6 is 0 Å². The van der Waals surface area contributed by atoms with Gasteiger partial charge in [-0.25, -0.2) is 4.79 Å². The molecule has 0 spiro atoms. The number of fused-ring (bicyclic) bond motifs is 3. The van der Waals surface area contributed by atoms with Crippen molar-refractivity contribution in [2.75, 3.05) is 0 Å². The highest BCUT2D eigenvalue weighted by Gasteiger charge is 2.47.